The minimum atomic E-state index is -0.691. The Bertz CT molecular complexity index is 804. The number of rotatable bonds is 10. The minimum absolute atomic E-state index is 0.251. The molecule has 156 valence electrons. The van der Waals surface area contributed by atoms with Crippen LogP contribution < -0.4 is 24.8 Å². The number of hydrogen-bond donors (Lipinski definition) is 2. The standard InChI is InChI=1S/C21H26N2O5S/c1-14(20(24)22-10-11-29-16-8-6-5-7-9-16)23-21(25)15-12-17(26-2)19(28-4)18(13-15)27-3/h5-9,12-14H,10-11H2,1-4H3,(H,22,24)(H,23,25)/t14-/m0/s1. The van der Waals surface area contributed by atoms with Gasteiger partial charge in [-0.3, -0.25) is 9.59 Å². The highest BCUT2D eigenvalue weighted by Crippen LogP contribution is 2.38. The van der Waals surface area contributed by atoms with E-state index in [1.807, 2.05) is 30.3 Å². The number of carbonyl (C=O) groups excluding carboxylic acids is 2. The third kappa shape index (κ3) is 6.32. The summed E-state index contributed by atoms with van der Waals surface area (Å²) in [6.45, 7) is 2.14. The highest BCUT2D eigenvalue weighted by molar-refractivity contribution is 7.99. The fourth-order valence-corrected chi connectivity index (χ4v) is 3.36. The maximum Gasteiger partial charge on any atom is 0.252 e. The van der Waals surface area contributed by atoms with Crippen molar-refractivity contribution in [1.82, 2.24) is 10.6 Å². The molecule has 1 atom stereocenters. The minimum Gasteiger partial charge on any atom is -0.493 e. The Balaban J connectivity index is 1.89. The average molecular weight is 419 g/mol. The molecule has 0 saturated heterocycles. The number of carbonyl (C=O) groups is 2. The maximum atomic E-state index is 12.6. The summed E-state index contributed by atoms with van der Waals surface area (Å²) < 4.78 is 15.8. The van der Waals surface area contributed by atoms with E-state index in [2.05, 4.69) is 10.6 Å². The summed E-state index contributed by atoms with van der Waals surface area (Å²) >= 11 is 1.65. The van der Waals surface area contributed by atoms with E-state index in [0.29, 0.717) is 29.4 Å². The van der Waals surface area contributed by atoms with Crippen LogP contribution in [0.1, 0.15) is 17.3 Å². The topological polar surface area (TPSA) is 85.9 Å². The van der Waals surface area contributed by atoms with Crippen molar-refractivity contribution < 1.29 is 23.8 Å². The van der Waals surface area contributed by atoms with Crippen LogP contribution in [0.3, 0.4) is 0 Å². The van der Waals surface area contributed by atoms with Crippen molar-refractivity contribution in [2.45, 2.75) is 17.9 Å². The van der Waals surface area contributed by atoms with E-state index in [1.165, 1.54) is 33.5 Å². The van der Waals surface area contributed by atoms with E-state index in [0.717, 1.165) is 10.6 Å². The highest BCUT2D eigenvalue weighted by atomic mass is 32.2. The monoisotopic (exact) mass is 418 g/mol. The lowest BCUT2D eigenvalue weighted by Crippen LogP contribution is -2.45. The van der Waals surface area contributed by atoms with E-state index in [1.54, 1.807) is 18.7 Å². The third-order valence-corrected chi connectivity index (χ3v) is 5.09. The van der Waals surface area contributed by atoms with Crippen LogP contribution in [0.2, 0.25) is 0 Å². The zero-order valence-corrected chi connectivity index (χ0v) is 17.8. The van der Waals surface area contributed by atoms with Gasteiger partial charge < -0.3 is 24.8 Å². The van der Waals surface area contributed by atoms with Crippen LogP contribution in [-0.4, -0.2) is 51.5 Å². The average Bonchev–Trinajstić information content (AvgIpc) is 2.75. The molecule has 8 heteroatoms. The van der Waals surface area contributed by atoms with E-state index in [9.17, 15) is 9.59 Å². The Kier molecular flexibility index (Phi) is 8.67. The highest BCUT2D eigenvalue weighted by Gasteiger charge is 2.20. The number of hydrogen-bond acceptors (Lipinski definition) is 6. The molecule has 0 aliphatic rings. The first-order chi connectivity index (χ1) is 14.0. The second-order valence-corrected chi connectivity index (χ2v) is 7.23. The molecular weight excluding hydrogens is 392 g/mol. The van der Waals surface area contributed by atoms with Crippen LogP contribution in [-0.2, 0) is 4.79 Å². The molecule has 2 aromatic rings. The summed E-state index contributed by atoms with van der Waals surface area (Å²) in [5.74, 6) is 1.21. The van der Waals surface area contributed by atoms with Crippen LogP contribution in [0.5, 0.6) is 17.2 Å². The lowest BCUT2D eigenvalue weighted by molar-refractivity contribution is -0.122. The van der Waals surface area contributed by atoms with E-state index < -0.39 is 11.9 Å². The second-order valence-electron chi connectivity index (χ2n) is 6.06. The molecule has 0 aromatic heterocycles. The van der Waals surface area contributed by atoms with Gasteiger partial charge in [0.05, 0.1) is 21.3 Å². The summed E-state index contributed by atoms with van der Waals surface area (Å²) in [6, 6.07) is 12.3. The first-order valence-corrected chi connectivity index (χ1v) is 10.0. The van der Waals surface area contributed by atoms with Gasteiger partial charge >= 0.3 is 0 Å². The number of thioether (sulfide) groups is 1. The van der Waals surface area contributed by atoms with Crippen molar-refractivity contribution in [1.29, 1.82) is 0 Å². The lowest BCUT2D eigenvalue weighted by atomic mass is 10.1. The zero-order chi connectivity index (χ0) is 21.2. The fraction of sp³-hybridized carbons (Fsp3) is 0.333. The van der Waals surface area contributed by atoms with Gasteiger partial charge in [-0.25, -0.2) is 0 Å². The molecule has 0 heterocycles. The Morgan fingerprint density at radius 1 is 1.00 bits per heavy atom. The predicted octanol–water partition coefficient (Wildman–Crippen LogP) is 2.74. The Hall–Kier alpha value is -2.87. The maximum absolute atomic E-state index is 12.6. The summed E-state index contributed by atoms with van der Waals surface area (Å²) in [7, 11) is 4.44. The van der Waals surface area contributed by atoms with Crippen molar-refractivity contribution >= 4 is 23.6 Å². The lowest BCUT2D eigenvalue weighted by Gasteiger charge is -2.16. The van der Waals surface area contributed by atoms with E-state index in [-0.39, 0.29) is 5.91 Å². The molecule has 7 nitrogen and oxygen atoms in total. The SMILES string of the molecule is COc1cc(C(=O)N[C@@H](C)C(=O)NCCSc2ccccc2)cc(OC)c1OC. The van der Waals surface area contributed by atoms with E-state index in [4.69, 9.17) is 14.2 Å². The Morgan fingerprint density at radius 3 is 2.17 bits per heavy atom. The van der Waals surface area contributed by atoms with Crippen molar-refractivity contribution in [3.63, 3.8) is 0 Å². The van der Waals surface area contributed by atoms with Crippen LogP contribution in [0.25, 0.3) is 0 Å². The summed E-state index contributed by atoms with van der Waals surface area (Å²) in [5, 5.41) is 5.51. The van der Waals surface area contributed by atoms with Crippen molar-refractivity contribution in [3.05, 3.63) is 48.0 Å². The molecule has 29 heavy (non-hydrogen) atoms. The number of amides is 2. The van der Waals surface area contributed by atoms with Gasteiger partial charge in [0.2, 0.25) is 11.7 Å². The number of methoxy groups -OCH3 is 3. The molecule has 0 bridgehead atoms. The first kappa shape index (κ1) is 22.4. The van der Waals surface area contributed by atoms with Crippen LogP contribution >= 0.6 is 11.8 Å². The van der Waals surface area contributed by atoms with Crippen LogP contribution in [0, 0.1) is 0 Å². The van der Waals surface area contributed by atoms with Gasteiger partial charge in [0.25, 0.3) is 5.91 Å². The molecule has 2 amide bonds. The summed E-state index contributed by atoms with van der Waals surface area (Å²) in [5.41, 5.74) is 0.304. The zero-order valence-electron chi connectivity index (χ0n) is 17.0. The molecule has 0 radical (unpaired) electrons. The third-order valence-electron chi connectivity index (χ3n) is 4.08. The predicted molar refractivity (Wildman–Crippen MR) is 113 cm³/mol. The molecule has 0 unspecified atom stereocenters. The summed E-state index contributed by atoms with van der Waals surface area (Å²) in [6.07, 6.45) is 0. The van der Waals surface area contributed by atoms with Gasteiger partial charge in [0.1, 0.15) is 6.04 Å². The van der Waals surface area contributed by atoms with Crippen molar-refractivity contribution in [2.24, 2.45) is 0 Å². The molecule has 0 spiro atoms. The van der Waals surface area contributed by atoms with Gasteiger partial charge in [-0.1, -0.05) is 18.2 Å². The number of ether oxygens (including phenoxy) is 3. The number of nitrogens with one attached hydrogen (secondary N) is 2. The quantitative estimate of drug-likeness (QED) is 0.456. The van der Waals surface area contributed by atoms with E-state index >= 15 is 0 Å². The Morgan fingerprint density at radius 2 is 1.62 bits per heavy atom. The largest absolute Gasteiger partial charge is 0.493 e. The molecule has 0 aliphatic carbocycles. The molecule has 2 aromatic carbocycles. The smallest absolute Gasteiger partial charge is 0.252 e. The van der Waals surface area contributed by atoms with Gasteiger partial charge in [0.15, 0.2) is 11.5 Å². The fourth-order valence-electron chi connectivity index (χ4n) is 2.57. The Labute approximate surface area is 175 Å². The summed E-state index contributed by atoms with van der Waals surface area (Å²) in [4.78, 5) is 26.0. The van der Waals surface area contributed by atoms with Gasteiger partial charge in [0, 0.05) is 22.8 Å². The molecule has 2 rings (SSSR count). The van der Waals surface area contributed by atoms with Gasteiger partial charge in [-0.2, -0.15) is 0 Å². The molecule has 0 aliphatic heterocycles. The molecule has 0 saturated carbocycles. The van der Waals surface area contributed by atoms with Crippen molar-refractivity contribution in [2.75, 3.05) is 33.6 Å². The second kappa shape index (κ2) is 11.2. The number of benzene rings is 2. The molecular formula is C21H26N2O5S. The van der Waals surface area contributed by atoms with Gasteiger partial charge in [-0.15, -0.1) is 11.8 Å². The molecule has 0 fully saturated rings. The molecule has 2 N–H and O–H groups in total. The van der Waals surface area contributed by atoms with Crippen LogP contribution in [0.4, 0.5) is 0 Å². The first-order valence-electron chi connectivity index (χ1n) is 9.06. The van der Waals surface area contributed by atoms with Crippen molar-refractivity contribution in [3.8, 4) is 17.2 Å². The van der Waals surface area contributed by atoms with Crippen LogP contribution in [0.15, 0.2) is 47.4 Å². The van der Waals surface area contributed by atoms with Gasteiger partial charge in [-0.05, 0) is 31.2 Å². The normalized spacial score (nSPS) is 11.3.